The van der Waals surface area contributed by atoms with Crippen LogP contribution in [-0.4, -0.2) is 29.9 Å². The second kappa shape index (κ2) is 11.4. The van der Waals surface area contributed by atoms with Gasteiger partial charge in [0.15, 0.2) is 5.82 Å². The van der Waals surface area contributed by atoms with Crippen LogP contribution >= 0.6 is 0 Å². The molecular formula is C30H27F2N3O. The van der Waals surface area contributed by atoms with E-state index in [2.05, 4.69) is 4.98 Å². The molecule has 0 bridgehead atoms. The molecule has 6 heteroatoms. The van der Waals surface area contributed by atoms with Crippen molar-refractivity contribution in [2.24, 2.45) is 0 Å². The van der Waals surface area contributed by atoms with Crippen LogP contribution in [0.2, 0.25) is 0 Å². The molecule has 36 heavy (non-hydrogen) atoms. The van der Waals surface area contributed by atoms with Crippen LogP contribution in [0.15, 0.2) is 97.3 Å². The molecule has 0 aliphatic rings. The fraction of sp³-hybridized carbons (Fsp3) is 0.133. The maximum Gasteiger partial charge on any atom is 0.253 e. The number of benzene rings is 3. The van der Waals surface area contributed by atoms with E-state index in [0.29, 0.717) is 18.7 Å². The molecule has 0 spiro atoms. The number of anilines is 1. The Bertz CT molecular complexity index is 1300. The molecule has 1 aromatic heterocycles. The lowest BCUT2D eigenvalue weighted by Gasteiger charge is -2.26. The lowest BCUT2D eigenvalue weighted by atomic mass is 10.0. The van der Waals surface area contributed by atoms with Crippen molar-refractivity contribution in [3.05, 3.63) is 131 Å². The van der Waals surface area contributed by atoms with Gasteiger partial charge in [0.2, 0.25) is 0 Å². The molecule has 1 heterocycles. The normalized spacial score (nSPS) is 11.3. The summed E-state index contributed by atoms with van der Waals surface area (Å²) in [5.41, 5.74) is 2.68. The van der Waals surface area contributed by atoms with E-state index in [9.17, 15) is 4.79 Å². The fourth-order valence-corrected chi connectivity index (χ4v) is 3.95. The molecule has 0 aliphatic carbocycles. The first-order chi connectivity index (χ1) is 17.4. The van der Waals surface area contributed by atoms with E-state index in [1.54, 1.807) is 26.2 Å². The predicted molar refractivity (Wildman–Crippen MR) is 140 cm³/mol. The number of likely N-dealkylation sites (N-methyl/N-ethyl adjacent to an activating group) is 1. The largest absolute Gasteiger partial charge is 0.360 e. The lowest BCUT2D eigenvalue weighted by Crippen LogP contribution is -2.24. The van der Waals surface area contributed by atoms with Gasteiger partial charge in [-0.25, -0.2) is 8.78 Å². The number of aromatic nitrogens is 1. The quantitative estimate of drug-likeness (QED) is 0.280. The van der Waals surface area contributed by atoms with Gasteiger partial charge in [-0.3, -0.25) is 9.78 Å². The standard InChI is InChI=1S/C30H27F2N3O/c1-34(2)30(36)25(24-15-17-33-18-16-24)19-26-27(31)13-14-28(29(26)32)35(20-22-9-5-3-6-10-22)21-23-11-7-4-8-12-23/h3-19H,20-21H2,1-2H3. The summed E-state index contributed by atoms with van der Waals surface area (Å²) in [6.45, 7) is 0.852. The van der Waals surface area contributed by atoms with Crippen molar-refractivity contribution >= 4 is 23.2 Å². The summed E-state index contributed by atoms with van der Waals surface area (Å²) in [7, 11) is 3.20. The number of nitrogens with zero attached hydrogens (tertiary/aromatic N) is 3. The number of rotatable bonds is 8. The van der Waals surface area contributed by atoms with Crippen molar-refractivity contribution in [2.45, 2.75) is 13.1 Å². The molecule has 0 saturated carbocycles. The van der Waals surface area contributed by atoms with Crippen molar-refractivity contribution in [3.8, 4) is 0 Å². The highest BCUT2D eigenvalue weighted by atomic mass is 19.1. The minimum absolute atomic E-state index is 0.176. The maximum absolute atomic E-state index is 16.1. The topological polar surface area (TPSA) is 36.4 Å². The third kappa shape index (κ3) is 5.84. The molecular weight excluding hydrogens is 456 g/mol. The summed E-state index contributed by atoms with van der Waals surface area (Å²) < 4.78 is 31.1. The molecule has 0 unspecified atom stereocenters. The summed E-state index contributed by atoms with van der Waals surface area (Å²) in [4.78, 5) is 20.2. The van der Waals surface area contributed by atoms with Crippen LogP contribution in [0.3, 0.4) is 0 Å². The Morgan fingerprint density at radius 1 is 0.806 bits per heavy atom. The first kappa shape index (κ1) is 24.8. The second-order valence-corrected chi connectivity index (χ2v) is 8.61. The van der Waals surface area contributed by atoms with Gasteiger partial charge in [0.25, 0.3) is 5.91 Å². The number of halogens is 2. The molecule has 182 valence electrons. The van der Waals surface area contributed by atoms with Gasteiger partial charge in [0.05, 0.1) is 5.69 Å². The van der Waals surface area contributed by atoms with Crippen molar-refractivity contribution < 1.29 is 13.6 Å². The molecule has 4 nitrogen and oxygen atoms in total. The number of pyridine rings is 1. The molecule has 3 aromatic carbocycles. The van der Waals surface area contributed by atoms with Gasteiger partial charge in [-0.15, -0.1) is 0 Å². The minimum Gasteiger partial charge on any atom is -0.360 e. The van der Waals surface area contributed by atoms with Gasteiger partial charge in [-0.1, -0.05) is 60.7 Å². The molecule has 0 saturated heterocycles. The second-order valence-electron chi connectivity index (χ2n) is 8.61. The fourth-order valence-electron chi connectivity index (χ4n) is 3.95. The van der Waals surface area contributed by atoms with E-state index in [1.165, 1.54) is 35.5 Å². The van der Waals surface area contributed by atoms with Crippen LogP contribution in [0.25, 0.3) is 11.6 Å². The summed E-state index contributed by atoms with van der Waals surface area (Å²) >= 11 is 0. The zero-order chi connectivity index (χ0) is 25.5. The van der Waals surface area contributed by atoms with Crippen molar-refractivity contribution in [2.75, 3.05) is 19.0 Å². The van der Waals surface area contributed by atoms with Crippen LogP contribution in [-0.2, 0) is 17.9 Å². The summed E-state index contributed by atoms with van der Waals surface area (Å²) in [6, 6.07) is 25.4. The number of carbonyl (C=O) groups excluding carboxylic acids is 1. The highest BCUT2D eigenvalue weighted by Crippen LogP contribution is 2.31. The van der Waals surface area contributed by atoms with E-state index in [4.69, 9.17) is 0 Å². The number of hydrogen-bond donors (Lipinski definition) is 0. The van der Waals surface area contributed by atoms with Crippen LogP contribution in [0.1, 0.15) is 22.3 Å². The summed E-state index contributed by atoms with van der Waals surface area (Å²) in [5.74, 6) is -1.83. The van der Waals surface area contributed by atoms with Gasteiger partial charge >= 0.3 is 0 Å². The van der Waals surface area contributed by atoms with Gasteiger partial charge in [0.1, 0.15) is 5.82 Å². The summed E-state index contributed by atoms with van der Waals surface area (Å²) in [6.07, 6.45) is 4.36. The van der Waals surface area contributed by atoms with Gasteiger partial charge in [-0.2, -0.15) is 0 Å². The predicted octanol–water partition coefficient (Wildman–Crippen LogP) is 6.20. The van der Waals surface area contributed by atoms with Crippen molar-refractivity contribution in [1.29, 1.82) is 0 Å². The maximum atomic E-state index is 16.1. The molecule has 0 N–H and O–H groups in total. The van der Waals surface area contributed by atoms with E-state index < -0.39 is 11.6 Å². The molecule has 1 amide bonds. The number of carbonyl (C=O) groups is 1. The van der Waals surface area contributed by atoms with E-state index >= 15 is 8.78 Å². The van der Waals surface area contributed by atoms with Crippen molar-refractivity contribution in [1.82, 2.24) is 9.88 Å². The molecule has 0 fully saturated rings. The average Bonchev–Trinajstić information content (AvgIpc) is 2.90. The Kier molecular flexibility index (Phi) is 7.85. The van der Waals surface area contributed by atoms with Gasteiger partial charge in [-0.05, 0) is 47.0 Å². The van der Waals surface area contributed by atoms with Crippen LogP contribution in [0, 0.1) is 11.6 Å². The highest BCUT2D eigenvalue weighted by Gasteiger charge is 2.21. The van der Waals surface area contributed by atoms with E-state index in [-0.39, 0.29) is 22.7 Å². The van der Waals surface area contributed by atoms with Crippen LogP contribution < -0.4 is 4.90 Å². The zero-order valence-electron chi connectivity index (χ0n) is 20.2. The SMILES string of the molecule is CN(C)C(=O)C(=Cc1c(F)ccc(N(Cc2ccccc2)Cc2ccccc2)c1F)c1ccncc1. The van der Waals surface area contributed by atoms with Crippen molar-refractivity contribution in [3.63, 3.8) is 0 Å². The monoisotopic (exact) mass is 483 g/mol. The first-order valence-corrected chi connectivity index (χ1v) is 11.6. The minimum atomic E-state index is -0.742. The average molecular weight is 484 g/mol. The van der Waals surface area contributed by atoms with Crippen LogP contribution in [0.5, 0.6) is 0 Å². The molecule has 4 rings (SSSR count). The highest BCUT2D eigenvalue weighted by molar-refractivity contribution is 6.24. The molecule has 0 atom stereocenters. The Hall–Kier alpha value is -4.32. The summed E-state index contributed by atoms with van der Waals surface area (Å²) in [5, 5.41) is 0. The van der Waals surface area contributed by atoms with Crippen LogP contribution in [0.4, 0.5) is 14.5 Å². The first-order valence-electron chi connectivity index (χ1n) is 11.6. The Morgan fingerprint density at radius 2 is 1.36 bits per heavy atom. The zero-order valence-corrected chi connectivity index (χ0v) is 20.2. The third-order valence-corrected chi connectivity index (χ3v) is 5.80. The van der Waals surface area contributed by atoms with E-state index in [0.717, 1.165) is 11.1 Å². The van der Waals surface area contributed by atoms with Gasteiger partial charge < -0.3 is 9.80 Å². The molecule has 4 aromatic rings. The number of hydrogen-bond acceptors (Lipinski definition) is 3. The molecule has 0 aliphatic heterocycles. The Labute approximate surface area is 210 Å². The Balaban J connectivity index is 1.82. The van der Waals surface area contributed by atoms with E-state index in [1.807, 2.05) is 65.6 Å². The Morgan fingerprint density at radius 3 is 1.89 bits per heavy atom. The smallest absolute Gasteiger partial charge is 0.253 e. The number of amides is 1. The molecule has 0 radical (unpaired) electrons. The lowest BCUT2D eigenvalue weighted by molar-refractivity contribution is -0.122. The van der Waals surface area contributed by atoms with Gasteiger partial charge in [0, 0.05) is 50.7 Å². The third-order valence-electron chi connectivity index (χ3n) is 5.80.